The summed E-state index contributed by atoms with van der Waals surface area (Å²) in [6, 6.07) is 3.83. The molecule has 0 aromatic heterocycles. The van der Waals surface area contributed by atoms with Crippen molar-refractivity contribution in [1.82, 2.24) is 15.5 Å². The summed E-state index contributed by atoms with van der Waals surface area (Å²) in [7, 11) is 0. The van der Waals surface area contributed by atoms with Crippen molar-refractivity contribution >= 4 is 0 Å². The van der Waals surface area contributed by atoms with Gasteiger partial charge in [0.25, 0.3) is 0 Å². The van der Waals surface area contributed by atoms with Crippen LogP contribution in [0.3, 0.4) is 0 Å². The molecule has 7 aliphatic rings. The van der Waals surface area contributed by atoms with Gasteiger partial charge >= 0.3 is 0 Å². The van der Waals surface area contributed by atoms with Gasteiger partial charge in [-0.3, -0.25) is 4.90 Å². The van der Waals surface area contributed by atoms with Crippen molar-refractivity contribution in [2.75, 3.05) is 13.1 Å². The Balaban J connectivity index is 0.934. The highest BCUT2D eigenvalue weighted by molar-refractivity contribution is 5.03. The van der Waals surface area contributed by atoms with Crippen molar-refractivity contribution in [2.45, 2.75) is 164 Å². The summed E-state index contributed by atoms with van der Waals surface area (Å²) in [5.41, 5.74) is 0. The van der Waals surface area contributed by atoms with Gasteiger partial charge in [0.05, 0.1) is 12.2 Å². The Labute approximate surface area is 221 Å². The van der Waals surface area contributed by atoms with Gasteiger partial charge in [-0.15, -0.1) is 0 Å². The summed E-state index contributed by atoms with van der Waals surface area (Å²) < 4.78 is 6.79. The third-order valence-electron chi connectivity index (χ3n) is 12.4. The number of piperazine rings is 1. The highest BCUT2D eigenvalue weighted by Crippen LogP contribution is 2.49. The van der Waals surface area contributed by atoms with Gasteiger partial charge in [0, 0.05) is 43.3 Å². The van der Waals surface area contributed by atoms with Gasteiger partial charge < -0.3 is 15.4 Å². The highest BCUT2D eigenvalue weighted by atomic mass is 16.5. The van der Waals surface area contributed by atoms with Crippen LogP contribution in [0.15, 0.2) is 0 Å². The van der Waals surface area contributed by atoms with E-state index in [0.29, 0.717) is 12.2 Å². The smallest absolute Gasteiger partial charge is 0.0735 e. The molecule has 0 bridgehead atoms. The van der Waals surface area contributed by atoms with E-state index >= 15 is 0 Å². The third-order valence-corrected chi connectivity index (χ3v) is 12.4. The van der Waals surface area contributed by atoms with Crippen molar-refractivity contribution in [3.8, 4) is 0 Å². The molecule has 7 rings (SSSR count). The molecule has 4 heteroatoms. The lowest BCUT2D eigenvalue weighted by Crippen LogP contribution is -2.65. The van der Waals surface area contributed by atoms with Crippen LogP contribution >= 0.6 is 0 Å². The van der Waals surface area contributed by atoms with E-state index in [1.807, 2.05) is 0 Å². The molecule has 4 nitrogen and oxygen atoms in total. The van der Waals surface area contributed by atoms with E-state index in [2.05, 4.69) is 15.5 Å². The summed E-state index contributed by atoms with van der Waals surface area (Å²) in [5, 5.41) is 8.03. The molecular formula is C32H55N3O. The Morgan fingerprint density at radius 2 is 1.06 bits per heavy atom. The quantitative estimate of drug-likeness (QED) is 0.497. The number of hydrogen-bond donors (Lipinski definition) is 2. The molecule has 8 unspecified atom stereocenters. The van der Waals surface area contributed by atoms with E-state index in [1.165, 1.54) is 135 Å². The van der Waals surface area contributed by atoms with E-state index in [9.17, 15) is 0 Å². The number of ether oxygens (including phenoxy) is 1. The minimum absolute atomic E-state index is 0.550. The van der Waals surface area contributed by atoms with Gasteiger partial charge in [-0.1, -0.05) is 57.8 Å². The predicted octanol–water partition coefficient (Wildman–Crippen LogP) is 6.04. The first-order valence-electron chi connectivity index (χ1n) is 16.7. The molecule has 7 fully saturated rings. The number of fused-ring (bicyclic) bond motifs is 2. The maximum absolute atomic E-state index is 6.79. The first-order valence-corrected chi connectivity index (χ1v) is 16.7. The van der Waals surface area contributed by atoms with E-state index in [1.54, 1.807) is 0 Å². The highest BCUT2D eigenvalue weighted by Gasteiger charge is 2.49. The van der Waals surface area contributed by atoms with E-state index in [-0.39, 0.29) is 0 Å². The Kier molecular flexibility index (Phi) is 7.69. The first kappa shape index (κ1) is 24.9. The Bertz CT molecular complexity index is 688. The van der Waals surface area contributed by atoms with Gasteiger partial charge in [0.1, 0.15) is 0 Å². The lowest BCUT2D eigenvalue weighted by molar-refractivity contribution is -0.192. The van der Waals surface area contributed by atoms with Crippen molar-refractivity contribution in [1.29, 1.82) is 0 Å². The SMILES string of the molecule is C1CCC(C2CNC(C3CC(C4CCCC(N5C6CCCCC6OC6CCCCC65)C4)C3)CN2)CC1. The number of rotatable bonds is 4. The van der Waals surface area contributed by atoms with Crippen LogP contribution in [0.25, 0.3) is 0 Å². The molecule has 5 aliphatic carbocycles. The minimum Gasteiger partial charge on any atom is -0.372 e. The van der Waals surface area contributed by atoms with Crippen LogP contribution < -0.4 is 10.6 Å². The number of hydrogen-bond acceptors (Lipinski definition) is 4. The largest absolute Gasteiger partial charge is 0.372 e. The second-order valence-corrected chi connectivity index (χ2v) is 14.4. The Morgan fingerprint density at radius 3 is 1.72 bits per heavy atom. The van der Waals surface area contributed by atoms with Crippen LogP contribution in [-0.4, -0.2) is 60.4 Å². The zero-order valence-electron chi connectivity index (χ0n) is 23.1. The van der Waals surface area contributed by atoms with Gasteiger partial charge in [-0.05, 0) is 87.9 Å². The molecule has 36 heavy (non-hydrogen) atoms. The zero-order chi connectivity index (χ0) is 23.9. The second-order valence-electron chi connectivity index (χ2n) is 14.4. The molecule has 0 amide bonds. The lowest BCUT2D eigenvalue weighted by Gasteiger charge is -2.58. The Hall–Kier alpha value is -0.160. The molecule has 2 N–H and O–H groups in total. The molecule has 5 saturated carbocycles. The maximum Gasteiger partial charge on any atom is 0.0735 e. The maximum atomic E-state index is 6.79. The summed E-state index contributed by atoms with van der Waals surface area (Å²) in [5.74, 6) is 3.89. The van der Waals surface area contributed by atoms with Crippen LogP contribution in [0.2, 0.25) is 0 Å². The van der Waals surface area contributed by atoms with Gasteiger partial charge in [0.2, 0.25) is 0 Å². The van der Waals surface area contributed by atoms with Crippen LogP contribution in [0.4, 0.5) is 0 Å². The minimum atomic E-state index is 0.550. The van der Waals surface area contributed by atoms with Gasteiger partial charge in [-0.25, -0.2) is 0 Å². The first-order chi connectivity index (χ1) is 17.8. The van der Waals surface area contributed by atoms with Crippen LogP contribution in [0, 0.1) is 23.7 Å². The van der Waals surface area contributed by atoms with E-state index in [0.717, 1.165) is 53.9 Å². The molecule has 8 atom stereocenters. The number of nitrogens with one attached hydrogen (secondary N) is 2. The summed E-state index contributed by atoms with van der Waals surface area (Å²) >= 11 is 0. The topological polar surface area (TPSA) is 36.5 Å². The molecule has 0 spiro atoms. The normalized spacial score (nSPS) is 49.0. The summed E-state index contributed by atoms with van der Waals surface area (Å²) in [6.45, 7) is 2.45. The zero-order valence-corrected chi connectivity index (χ0v) is 23.1. The number of morpholine rings is 1. The fourth-order valence-electron chi connectivity index (χ4n) is 10.4. The molecule has 0 aromatic rings. The van der Waals surface area contributed by atoms with Crippen molar-refractivity contribution in [3.05, 3.63) is 0 Å². The van der Waals surface area contributed by atoms with Crippen molar-refractivity contribution in [2.24, 2.45) is 23.7 Å². The van der Waals surface area contributed by atoms with Gasteiger partial charge in [-0.2, -0.15) is 0 Å². The molecular weight excluding hydrogens is 442 g/mol. The van der Waals surface area contributed by atoms with E-state index < -0.39 is 0 Å². The van der Waals surface area contributed by atoms with Crippen molar-refractivity contribution in [3.63, 3.8) is 0 Å². The molecule has 2 saturated heterocycles. The average Bonchev–Trinajstić information content (AvgIpc) is 2.92. The average molecular weight is 498 g/mol. The standard InChI is InChI=1S/C32H55N3O/c1-2-9-22(10-3-1)27-20-34-28(21-33-27)25-17-24(18-25)23-11-8-12-26(19-23)35-29-13-4-6-15-31(29)36-32-16-7-5-14-30(32)35/h22-34H,1-21H2. The van der Waals surface area contributed by atoms with Crippen LogP contribution in [0.1, 0.15) is 122 Å². The Morgan fingerprint density at radius 1 is 0.472 bits per heavy atom. The van der Waals surface area contributed by atoms with Crippen LogP contribution in [-0.2, 0) is 4.74 Å². The monoisotopic (exact) mass is 497 g/mol. The molecule has 2 aliphatic heterocycles. The number of nitrogens with zero attached hydrogens (tertiary/aromatic N) is 1. The fraction of sp³-hybridized carbons (Fsp3) is 1.00. The summed E-state index contributed by atoms with van der Waals surface area (Å²) in [4.78, 5) is 3.14. The molecule has 204 valence electrons. The van der Waals surface area contributed by atoms with Crippen LogP contribution in [0.5, 0.6) is 0 Å². The molecule has 2 heterocycles. The van der Waals surface area contributed by atoms with Gasteiger partial charge in [0.15, 0.2) is 0 Å². The van der Waals surface area contributed by atoms with E-state index in [4.69, 9.17) is 4.74 Å². The second kappa shape index (κ2) is 11.1. The molecule has 0 radical (unpaired) electrons. The predicted molar refractivity (Wildman–Crippen MR) is 147 cm³/mol. The fourth-order valence-corrected chi connectivity index (χ4v) is 10.4. The summed E-state index contributed by atoms with van der Waals surface area (Å²) in [6.07, 6.45) is 28.5. The lowest BCUT2D eigenvalue weighted by atomic mass is 9.61. The molecule has 0 aromatic carbocycles. The van der Waals surface area contributed by atoms with Crippen molar-refractivity contribution < 1.29 is 4.74 Å². The third kappa shape index (κ3) is 4.95.